The minimum Gasteiger partial charge on any atom is -0.365 e. The number of aromatic nitrogens is 6. The smallest absolute Gasteiger partial charge is 0.163 e. The predicted octanol–water partition coefficient (Wildman–Crippen LogP) is 1.54. The lowest BCUT2D eigenvalue weighted by Crippen LogP contribution is -2.42. The number of piperidine rings is 1. The molecule has 24 heavy (non-hydrogen) atoms. The van der Waals surface area contributed by atoms with E-state index in [9.17, 15) is 0 Å². The topological polar surface area (TPSA) is 84.6 Å². The quantitative estimate of drug-likeness (QED) is 0.782. The molecule has 8 nitrogen and oxygen atoms in total. The molecule has 1 unspecified atom stereocenters. The van der Waals surface area contributed by atoms with Gasteiger partial charge in [0.25, 0.3) is 0 Å². The average Bonchev–Trinajstić information content (AvgIpc) is 2.98. The number of nitrogens with one attached hydrogen (secondary N) is 1. The standard InChI is InChI=1S/C16H20N8/c1-11-5-6-14(22-21-11)24-7-3-4-12(9-24)20-15-13-8-19-23(2)16(13)18-10-17-15/h5-6,8,10,12H,3-4,7,9H2,1-2H3,(H,17,18,20). The lowest BCUT2D eigenvalue weighted by atomic mass is 10.1. The van der Waals surface area contributed by atoms with Crippen LogP contribution in [0.3, 0.4) is 0 Å². The van der Waals surface area contributed by atoms with E-state index in [2.05, 4.69) is 35.5 Å². The molecular weight excluding hydrogens is 304 g/mol. The molecule has 1 saturated heterocycles. The van der Waals surface area contributed by atoms with Crippen LogP contribution < -0.4 is 10.2 Å². The van der Waals surface area contributed by atoms with Crippen molar-refractivity contribution in [1.29, 1.82) is 0 Å². The molecule has 0 radical (unpaired) electrons. The zero-order valence-corrected chi connectivity index (χ0v) is 13.8. The molecule has 1 fully saturated rings. The van der Waals surface area contributed by atoms with Crippen LogP contribution in [0.2, 0.25) is 0 Å². The van der Waals surface area contributed by atoms with Crippen molar-refractivity contribution in [2.45, 2.75) is 25.8 Å². The SMILES string of the molecule is Cc1ccc(N2CCCC(Nc3ncnc4c3cnn4C)C2)nn1. The molecule has 8 heteroatoms. The molecule has 0 aliphatic carbocycles. The van der Waals surface area contributed by atoms with Crippen molar-refractivity contribution in [3.63, 3.8) is 0 Å². The fourth-order valence-electron chi connectivity index (χ4n) is 3.13. The number of rotatable bonds is 3. The summed E-state index contributed by atoms with van der Waals surface area (Å²) in [6.45, 7) is 3.83. The van der Waals surface area contributed by atoms with Gasteiger partial charge in [0.1, 0.15) is 12.1 Å². The molecule has 3 aromatic heterocycles. The second-order valence-electron chi connectivity index (χ2n) is 6.19. The summed E-state index contributed by atoms with van der Waals surface area (Å²) in [4.78, 5) is 11.0. The van der Waals surface area contributed by atoms with E-state index in [0.717, 1.165) is 54.3 Å². The van der Waals surface area contributed by atoms with Crippen molar-refractivity contribution >= 4 is 22.7 Å². The Bertz CT molecular complexity index is 841. The first-order valence-electron chi connectivity index (χ1n) is 8.15. The van der Waals surface area contributed by atoms with Crippen LogP contribution in [0.1, 0.15) is 18.5 Å². The van der Waals surface area contributed by atoms with E-state index in [1.807, 2.05) is 32.3 Å². The lowest BCUT2D eigenvalue weighted by molar-refractivity contribution is 0.524. The van der Waals surface area contributed by atoms with E-state index in [1.54, 1.807) is 11.0 Å². The maximum Gasteiger partial charge on any atom is 0.163 e. The Morgan fingerprint density at radius 3 is 2.96 bits per heavy atom. The number of fused-ring (bicyclic) bond motifs is 1. The summed E-state index contributed by atoms with van der Waals surface area (Å²) >= 11 is 0. The minimum absolute atomic E-state index is 0.306. The van der Waals surface area contributed by atoms with Gasteiger partial charge in [0.05, 0.1) is 17.3 Å². The first-order valence-corrected chi connectivity index (χ1v) is 8.15. The Morgan fingerprint density at radius 2 is 2.12 bits per heavy atom. The van der Waals surface area contributed by atoms with Crippen LogP contribution in [0.25, 0.3) is 11.0 Å². The molecule has 0 saturated carbocycles. The van der Waals surface area contributed by atoms with E-state index < -0.39 is 0 Å². The number of anilines is 2. The molecule has 4 heterocycles. The van der Waals surface area contributed by atoms with Gasteiger partial charge in [-0.1, -0.05) is 0 Å². The van der Waals surface area contributed by atoms with Gasteiger partial charge in [0, 0.05) is 26.2 Å². The summed E-state index contributed by atoms with van der Waals surface area (Å²) < 4.78 is 1.76. The Balaban J connectivity index is 1.53. The summed E-state index contributed by atoms with van der Waals surface area (Å²) in [7, 11) is 1.89. The highest BCUT2D eigenvalue weighted by molar-refractivity contribution is 5.86. The van der Waals surface area contributed by atoms with Gasteiger partial charge in [-0.3, -0.25) is 4.68 Å². The normalized spacial score (nSPS) is 18.1. The first kappa shape index (κ1) is 14.8. The summed E-state index contributed by atoms with van der Waals surface area (Å²) in [5.74, 6) is 1.77. The largest absolute Gasteiger partial charge is 0.365 e. The van der Waals surface area contributed by atoms with Gasteiger partial charge >= 0.3 is 0 Å². The highest BCUT2D eigenvalue weighted by atomic mass is 15.3. The third kappa shape index (κ3) is 2.75. The Morgan fingerprint density at radius 1 is 1.21 bits per heavy atom. The van der Waals surface area contributed by atoms with Crippen molar-refractivity contribution in [2.24, 2.45) is 7.05 Å². The predicted molar refractivity (Wildman–Crippen MR) is 91.9 cm³/mol. The average molecular weight is 324 g/mol. The number of nitrogens with zero attached hydrogens (tertiary/aromatic N) is 7. The maximum absolute atomic E-state index is 4.40. The van der Waals surface area contributed by atoms with Crippen molar-refractivity contribution < 1.29 is 0 Å². The Labute approximate surface area is 139 Å². The molecule has 1 atom stereocenters. The summed E-state index contributed by atoms with van der Waals surface area (Å²) in [6, 6.07) is 4.35. The van der Waals surface area contributed by atoms with Gasteiger partial charge in [-0.25, -0.2) is 9.97 Å². The number of hydrogen-bond donors (Lipinski definition) is 1. The van der Waals surface area contributed by atoms with Crippen LogP contribution >= 0.6 is 0 Å². The van der Waals surface area contributed by atoms with Crippen LogP contribution in [0.4, 0.5) is 11.6 Å². The third-order valence-electron chi connectivity index (χ3n) is 4.40. The third-order valence-corrected chi connectivity index (χ3v) is 4.40. The molecule has 0 amide bonds. The molecule has 1 aliphatic rings. The van der Waals surface area contributed by atoms with Crippen LogP contribution in [0, 0.1) is 6.92 Å². The van der Waals surface area contributed by atoms with Gasteiger partial charge in [-0.2, -0.15) is 10.2 Å². The highest BCUT2D eigenvalue weighted by Gasteiger charge is 2.22. The Hall–Kier alpha value is -2.77. The van der Waals surface area contributed by atoms with Gasteiger partial charge in [-0.05, 0) is 31.9 Å². The zero-order chi connectivity index (χ0) is 16.5. The highest BCUT2D eigenvalue weighted by Crippen LogP contribution is 2.23. The van der Waals surface area contributed by atoms with Crippen LogP contribution in [0.5, 0.6) is 0 Å². The zero-order valence-electron chi connectivity index (χ0n) is 13.8. The van der Waals surface area contributed by atoms with Crippen LogP contribution in [-0.2, 0) is 7.05 Å². The molecule has 124 valence electrons. The van der Waals surface area contributed by atoms with Gasteiger partial charge in [0.15, 0.2) is 11.5 Å². The summed E-state index contributed by atoms with van der Waals surface area (Å²) in [5.41, 5.74) is 1.77. The van der Waals surface area contributed by atoms with E-state index in [-0.39, 0.29) is 0 Å². The van der Waals surface area contributed by atoms with E-state index >= 15 is 0 Å². The summed E-state index contributed by atoms with van der Waals surface area (Å²) in [6.07, 6.45) is 5.60. The van der Waals surface area contributed by atoms with Crippen molar-refractivity contribution in [2.75, 3.05) is 23.3 Å². The number of hydrogen-bond acceptors (Lipinski definition) is 7. The second kappa shape index (κ2) is 6.03. The van der Waals surface area contributed by atoms with Gasteiger partial charge in [-0.15, -0.1) is 5.10 Å². The molecule has 1 aliphatic heterocycles. The van der Waals surface area contributed by atoms with Crippen molar-refractivity contribution in [3.05, 3.63) is 30.4 Å². The van der Waals surface area contributed by atoms with Crippen LogP contribution in [-0.4, -0.2) is 49.1 Å². The van der Waals surface area contributed by atoms with E-state index in [1.165, 1.54) is 0 Å². The molecule has 0 aromatic carbocycles. The Kier molecular flexibility index (Phi) is 3.72. The molecule has 3 aromatic rings. The van der Waals surface area contributed by atoms with Gasteiger partial charge < -0.3 is 10.2 Å². The number of aryl methyl sites for hydroxylation is 2. The second-order valence-corrected chi connectivity index (χ2v) is 6.19. The molecule has 0 bridgehead atoms. The monoisotopic (exact) mass is 324 g/mol. The fourth-order valence-corrected chi connectivity index (χ4v) is 3.13. The van der Waals surface area contributed by atoms with E-state index in [0.29, 0.717) is 6.04 Å². The van der Waals surface area contributed by atoms with Crippen LogP contribution in [0.15, 0.2) is 24.7 Å². The molecule has 4 rings (SSSR count). The summed E-state index contributed by atoms with van der Waals surface area (Å²) in [5, 5.41) is 17.2. The maximum atomic E-state index is 4.40. The molecule has 0 spiro atoms. The van der Waals surface area contributed by atoms with Gasteiger partial charge in [0.2, 0.25) is 0 Å². The molecular formula is C16H20N8. The van der Waals surface area contributed by atoms with Crippen molar-refractivity contribution in [3.8, 4) is 0 Å². The molecule has 1 N–H and O–H groups in total. The first-order chi connectivity index (χ1) is 11.7. The minimum atomic E-state index is 0.306. The fraction of sp³-hybridized carbons (Fsp3) is 0.438. The van der Waals surface area contributed by atoms with E-state index in [4.69, 9.17) is 0 Å². The lowest BCUT2D eigenvalue weighted by Gasteiger charge is -2.34. The van der Waals surface area contributed by atoms with Crippen molar-refractivity contribution in [1.82, 2.24) is 29.9 Å².